The predicted molar refractivity (Wildman–Crippen MR) is 82.4 cm³/mol. The van der Waals surface area contributed by atoms with Crippen molar-refractivity contribution in [2.24, 2.45) is 0 Å². The van der Waals surface area contributed by atoms with E-state index in [9.17, 15) is 0 Å². The second kappa shape index (κ2) is 5.74. The van der Waals surface area contributed by atoms with Crippen molar-refractivity contribution in [3.8, 4) is 5.75 Å². The molecule has 0 bridgehead atoms. The summed E-state index contributed by atoms with van der Waals surface area (Å²) in [6.07, 6.45) is 5.16. The number of para-hydroxylation sites is 1. The first kappa shape index (κ1) is 13.9. The minimum atomic E-state index is 0.407. The second-order valence-electron chi connectivity index (χ2n) is 6.48. The van der Waals surface area contributed by atoms with Crippen molar-refractivity contribution >= 4 is 0 Å². The maximum atomic E-state index is 5.74. The molecule has 110 valence electrons. The van der Waals surface area contributed by atoms with Gasteiger partial charge in [-0.05, 0) is 51.4 Å². The smallest absolute Gasteiger partial charge is 0.122 e. The third-order valence-corrected chi connectivity index (χ3v) is 5.16. The second-order valence-corrected chi connectivity index (χ2v) is 6.48. The largest absolute Gasteiger partial charge is 0.493 e. The van der Waals surface area contributed by atoms with Crippen molar-refractivity contribution < 1.29 is 4.74 Å². The van der Waals surface area contributed by atoms with Crippen molar-refractivity contribution in [2.75, 3.05) is 33.8 Å². The van der Waals surface area contributed by atoms with E-state index in [-0.39, 0.29) is 0 Å². The van der Waals surface area contributed by atoms with Gasteiger partial charge in [-0.3, -0.25) is 0 Å². The molecular weight excluding hydrogens is 248 g/mol. The molecule has 3 rings (SSSR count). The fourth-order valence-electron chi connectivity index (χ4n) is 3.47. The third-order valence-electron chi connectivity index (χ3n) is 5.16. The van der Waals surface area contributed by atoms with Gasteiger partial charge in [-0.15, -0.1) is 0 Å². The zero-order chi connectivity index (χ0) is 14.0. The summed E-state index contributed by atoms with van der Waals surface area (Å²) in [5.41, 5.74) is 1.78. The Morgan fingerprint density at radius 3 is 2.80 bits per heavy atom. The van der Waals surface area contributed by atoms with Gasteiger partial charge < -0.3 is 15.0 Å². The first-order valence-electron chi connectivity index (χ1n) is 7.81. The van der Waals surface area contributed by atoms with E-state index < -0.39 is 0 Å². The summed E-state index contributed by atoms with van der Waals surface area (Å²) < 4.78 is 5.74. The van der Waals surface area contributed by atoms with E-state index in [1.807, 2.05) is 0 Å². The van der Waals surface area contributed by atoms with E-state index in [1.54, 1.807) is 0 Å². The molecule has 1 aromatic carbocycles. The number of fused-ring (bicyclic) bond motifs is 1. The number of benzene rings is 1. The summed E-state index contributed by atoms with van der Waals surface area (Å²) in [5, 5.41) is 3.72. The Bertz CT molecular complexity index is 454. The summed E-state index contributed by atoms with van der Waals surface area (Å²) in [6.45, 7) is 3.03. The Hall–Kier alpha value is -1.06. The topological polar surface area (TPSA) is 24.5 Å². The molecule has 1 atom stereocenters. The maximum Gasteiger partial charge on any atom is 0.122 e. The highest BCUT2D eigenvalue weighted by Gasteiger charge is 2.38. The maximum absolute atomic E-state index is 5.74. The molecule has 1 saturated carbocycles. The lowest BCUT2D eigenvalue weighted by molar-refractivity contribution is 0.0595. The van der Waals surface area contributed by atoms with Crippen molar-refractivity contribution in [2.45, 2.75) is 37.1 Å². The lowest BCUT2D eigenvalue weighted by Gasteiger charge is -2.47. The summed E-state index contributed by atoms with van der Waals surface area (Å²) in [6, 6.07) is 8.48. The predicted octanol–water partition coefficient (Wildman–Crippen LogP) is 2.63. The highest BCUT2D eigenvalue weighted by Crippen LogP contribution is 2.36. The SMILES string of the molecule is CN(C)C1(CNCC2CCOc3ccccc32)CCC1. The number of rotatable bonds is 5. The molecule has 2 aliphatic rings. The molecule has 1 fully saturated rings. The minimum Gasteiger partial charge on any atom is -0.493 e. The van der Waals surface area contributed by atoms with Gasteiger partial charge in [0.05, 0.1) is 6.61 Å². The number of ether oxygens (including phenoxy) is 1. The Morgan fingerprint density at radius 2 is 2.10 bits per heavy atom. The molecule has 1 unspecified atom stereocenters. The van der Waals surface area contributed by atoms with Gasteiger partial charge in [0.15, 0.2) is 0 Å². The monoisotopic (exact) mass is 274 g/mol. The summed E-state index contributed by atoms with van der Waals surface area (Å²) in [5.74, 6) is 1.68. The Morgan fingerprint density at radius 1 is 1.30 bits per heavy atom. The molecule has 1 aliphatic heterocycles. The van der Waals surface area contributed by atoms with Crippen LogP contribution in [0.3, 0.4) is 0 Å². The van der Waals surface area contributed by atoms with Crippen LogP contribution in [0, 0.1) is 0 Å². The Labute approximate surface area is 122 Å². The number of hydrogen-bond acceptors (Lipinski definition) is 3. The quantitative estimate of drug-likeness (QED) is 0.893. The van der Waals surface area contributed by atoms with Gasteiger partial charge in [-0.2, -0.15) is 0 Å². The van der Waals surface area contributed by atoms with Gasteiger partial charge in [0.2, 0.25) is 0 Å². The number of likely N-dealkylation sites (N-methyl/N-ethyl adjacent to an activating group) is 1. The molecule has 20 heavy (non-hydrogen) atoms. The van der Waals surface area contributed by atoms with E-state index in [2.05, 4.69) is 48.6 Å². The molecule has 3 nitrogen and oxygen atoms in total. The number of hydrogen-bond donors (Lipinski definition) is 1. The third kappa shape index (κ3) is 2.57. The average Bonchev–Trinajstić information content (AvgIpc) is 2.41. The fourth-order valence-corrected chi connectivity index (χ4v) is 3.47. The molecule has 1 heterocycles. The highest BCUT2D eigenvalue weighted by molar-refractivity contribution is 5.37. The fraction of sp³-hybridized carbons (Fsp3) is 0.647. The van der Waals surface area contributed by atoms with Crippen molar-refractivity contribution in [1.82, 2.24) is 10.2 Å². The molecule has 0 amide bonds. The van der Waals surface area contributed by atoms with Gasteiger partial charge in [0.1, 0.15) is 5.75 Å². The molecular formula is C17H26N2O. The summed E-state index contributed by atoms with van der Waals surface area (Å²) >= 11 is 0. The van der Waals surface area contributed by atoms with Gasteiger partial charge in [-0.25, -0.2) is 0 Å². The van der Waals surface area contributed by atoms with E-state index in [1.165, 1.54) is 24.8 Å². The zero-order valence-corrected chi connectivity index (χ0v) is 12.7. The van der Waals surface area contributed by atoms with Crippen LogP contribution in [-0.4, -0.2) is 44.2 Å². The van der Waals surface area contributed by atoms with Gasteiger partial charge in [-0.1, -0.05) is 18.2 Å². The molecule has 0 aromatic heterocycles. The van der Waals surface area contributed by atoms with E-state index in [4.69, 9.17) is 4.74 Å². The lowest BCUT2D eigenvalue weighted by Crippen LogP contribution is -2.56. The molecule has 0 radical (unpaired) electrons. The van der Waals surface area contributed by atoms with E-state index in [0.717, 1.165) is 31.9 Å². The zero-order valence-electron chi connectivity index (χ0n) is 12.7. The van der Waals surface area contributed by atoms with Crippen LogP contribution in [0.5, 0.6) is 5.75 Å². The van der Waals surface area contributed by atoms with Crippen LogP contribution in [0.15, 0.2) is 24.3 Å². The average molecular weight is 274 g/mol. The van der Waals surface area contributed by atoms with Crippen molar-refractivity contribution in [3.63, 3.8) is 0 Å². The number of nitrogens with zero attached hydrogens (tertiary/aromatic N) is 1. The van der Waals surface area contributed by atoms with Crippen LogP contribution in [0.1, 0.15) is 37.2 Å². The lowest BCUT2D eigenvalue weighted by atomic mass is 9.75. The van der Waals surface area contributed by atoms with E-state index >= 15 is 0 Å². The molecule has 0 saturated heterocycles. The molecule has 1 aromatic rings. The van der Waals surface area contributed by atoms with Crippen molar-refractivity contribution in [3.05, 3.63) is 29.8 Å². The normalized spacial score (nSPS) is 23.9. The van der Waals surface area contributed by atoms with Crippen LogP contribution >= 0.6 is 0 Å². The number of nitrogens with one attached hydrogen (secondary N) is 1. The first-order chi connectivity index (χ1) is 9.71. The van der Waals surface area contributed by atoms with Crippen molar-refractivity contribution in [1.29, 1.82) is 0 Å². The summed E-state index contributed by atoms with van der Waals surface area (Å²) in [7, 11) is 4.43. The van der Waals surface area contributed by atoms with E-state index in [0.29, 0.717) is 11.5 Å². The molecule has 0 spiro atoms. The Kier molecular flexibility index (Phi) is 3.99. The molecule has 1 N–H and O–H groups in total. The van der Waals surface area contributed by atoms with Crippen LogP contribution in [0.2, 0.25) is 0 Å². The van der Waals surface area contributed by atoms with Gasteiger partial charge >= 0.3 is 0 Å². The highest BCUT2D eigenvalue weighted by atomic mass is 16.5. The van der Waals surface area contributed by atoms with Crippen LogP contribution in [0.25, 0.3) is 0 Å². The van der Waals surface area contributed by atoms with Crippen LogP contribution in [-0.2, 0) is 0 Å². The standard InChI is InChI=1S/C17H26N2O/c1-19(2)17(9-5-10-17)13-18-12-14-8-11-20-16-7-4-3-6-15(14)16/h3-4,6-7,14,18H,5,8-13H2,1-2H3. The molecule has 3 heteroatoms. The Balaban J connectivity index is 1.57. The van der Waals surface area contributed by atoms with Gasteiger partial charge in [0.25, 0.3) is 0 Å². The first-order valence-corrected chi connectivity index (χ1v) is 7.81. The van der Waals surface area contributed by atoms with Crippen LogP contribution in [0.4, 0.5) is 0 Å². The van der Waals surface area contributed by atoms with Gasteiger partial charge in [0, 0.05) is 24.5 Å². The summed E-state index contributed by atoms with van der Waals surface area (Å²) in [4.78, 5) is 2.40. The molecule has 1 aliphatic carbocycles. The minimum absolute atomic E-state index is 0.407. The van der Waals surface area contributed by atoms with Crippen LogP contribution < -0.4 is 10.1 Å².